The van der Waals surface area contributed by atoms with Gasteiger partial charge in [0.1, 0.15) is 5.37 Å². The topological polar surface area (TPSA) is 138 Å². The van der Waals surface area contributed by atoms with Gasteiger partial charge in [0.15, 0.2) is 9.84 Å². The van der Waals surface area contributed by atoms with Crippen molar-refractivity contribution in [1.29, 1.82) is 0 Å². The molecular weight excluding hydrogens is 270 g/mol. The Labute approximate surface area is 110 Å². The molecule has 102 valence electrons. The van der Waals surface area contributed by atoms with Crippen molar-refractivity contribution in [3.63, 3.8) is 0 Å². The summed E-state index contributed by atoms with van der Waals surface area (Å²) in [6.45, 7) is 2.98. The SMILES string of the molecule is Cc1ccc(S(=O)(=O)C(C)NC(N)=O)cc1N=[N+]=[N-]. The van der Waals surface area contributed by atoms with Gasteiger partial charge in [0.2, 0.25) is 0 Å². The van der Waals surface area contributed by atoms with E-state index in [2.05, 4.69) is 15.3 Å². The van der Waals surface area contributed by atoms with Crippen LogP contribution < -0.4 is 11.1 Å². The van der Waals surface area contributed by atoms with Gasteiger partial charge in [-0.15, -0.1) is 0 Å². The summed E-state index contributed by atoms with van der Waals surface area (Å²) in [6, 6.07) is 3.22. The fraction of sp³-hybridized carbons (Fsp3) is 0.300. The number of urea groups is 1. The van der Waals surface area contributed by atoms with Crippen LogP contribution in [0.4, 0.5) is 10.5 Å². The van der Waals surface area contributed by atoms with Crippen LogP contribution in [-0.4, -0.2) is 19.8 Å². The maximum absolute atomic E-state index is 12.1. The molecule has 0 aliphatic heterocycles. The number of nitrogens with one attached hydrogen (secondary N) is 1. The zero-order valence-corrected chi connectivity index (χ0v) is 11.2. The van der Waals surface area contributed by atoms with E-state index in [1.54, 1.807) is 6.92 Å². The number of rotatable bonds is 4. The van der Waals surface area contributed by atoms with E-state index in [4.69, 9.17) is 11.3 Å². The van der Waals surface area contributed by atoms with Crippen molar-refractivity contribution < 1.29 is 13.2 Å². The molecule has 0 fully saturated rings. The highest BCUT2D eigenvalue weighted by Gasteiger charge is 2.24. The Balaban J connectivity index is 3.25. The maximum atomic E-state index is 12.1. The number of nitrogens with zero attached hydrogens (tertiary/aromatic N) is 3. The fourth-order valence-corrected chi connectivity index (χ4v) is 2.62. The fourth-order valence-electron chi connectivity index (χ4n) is 1.40. The standard InChI is InChI=1S/C10H13N5O3S/c1-6-3-4-8(5-9(6)14-15-12)19(17,18)7(2)13-10(11)16/h3-5,7H,1-2H3,(H3,11,13,16). The second-order valence-electron chi connectivity index (χ2n) is 3.83. The van der Waals surface area contributed by atoms with Crippen LogP contribution in [0, 0.1) is 6.92 Å². The smallest absolute Gasteiger partial charge is 0.313 e. The quantitative estimate of drug-likeness (QED) is 0.494. The van der Waals surface area contributed by atoms with Crippen LogP contribution in [-0.2, 0) is 9.84 Å². The average molecular weight is 283 g/mol. The molecule has 19 heavy (non-hydrogen) atoms. The molecule has 0 aliphatic rings. The Morgan fingerprint density at radius 2 is 2.16 bits per heavy atom. The number of azide groups is 1. The molecule has 0 spiro atoms. The van der Waals surface area contributed by atoms with Crippen LogP contribution in [0.3, 0.4) is 0 Å². The first kappa shape index (κ1) is 14.8. The molecule has 1 rings (SSSR count). The molecule has 0 aliphatic carbocycles. The predicted octanol–water partition coefficient (Wildman–Crippen LogP) is 1.72. The summed E-state index contributed by atoms with van der Waals surface area (Å²) < 4.78 is 24.3. The van der Waals surface area contributed by atoms with E-state index in [1.807, 2.05) is 0 Å². The molecule has 0 saturated heterocycles. The molecule has 1 atom stereocenters. The Morgan fingerprint density at radius 1 is 1.53 bits per heavy atom. The van der Waals surface area contributed by atoms with Gasteiger partial charge < -0.3 is 11.1 Å². The van der Waals surface area contributed by atoms with Crippen LogP contribution >= 0.6 is 0 Å². The third-order valence-corrected chi connectivity index (χ3v) is 4.43. The first-order valence-electron chi connectivity index (χ1n) is 5.24. The Hall–Kier alpha value is -2.25. The van der Waals surface area contributed by atoms with Gasteiger partial charge in [0.05, 0.1) is 4.90 Å². The van der Waals surface area contributed by atoms with Crippen LogP contribution in [0.15, 0.2) is 28.2 Å². The highest BCUT2D eigenvalue weighted by Crippen LogP contribution is 2.24. The van der Waals surface area contributed by atoms with E-state index in [1.165, 1.54) is 25.1 Å². The lowest BCUT2D eigenvalue weighted by Gasteiger charge is -2.14. The molecular formula is C10H13N5O3S. The molecule has 3 N–H and O–H groups in total. The third kappa shape index (κ3) is 3.36. The van der Waals surface area contributed by atoms with E-state index < -0.39 is 21.2 Å². The van der Waals surface area contributed by atoms with Crippen molar-refractivity contribution in [1.82, 2.24) is 5.32 Å². The number of primary amides is 1. The molecule has 1 aromatic rings. The lowest BCUT2D eigenvalue weighted by molar-refractivity contribution is 0.248. The minimum atomic E-state index is -3.79. The number of benzene rings is 1. The molecule has 1 aromatic carbocycles. The summed E-state index contributed by atoms with van der Waals surface area (Å²) >= 11 is 0. The Bertz CT molecular complexity index is 649. The first-order chi connectivity index (χ1) is 8.78. The molecule has 0 radical (unpaired) electrons. The van der Waals surface area contributed by atoms with Crippen LogP contribution in [0.5, 0.6) is 0 Å². The second-order valence-corrected chi connectivity index (χ2v) is 6.10. The molecule has 2 amide bonds. The van der Waals surface area contributed by atoms with Crippen molar-refractivity contribution in [3.8, 4) is 0 Å². The van der Waals surface area contributed by atoms with E-state index in [0.29, 0.717) is 5.56 Å². The van der Waals surface area contributed by atoms with Crippen molar-refractivity contribution in [2.75, 3.05) is 0 Å². The summed E-state index contributed by atoms with van der Waals surface area (Å²) in [5.74, 6) is 0. The number of carbonyl (C=O) groups is 1. The number of sulfone groups is 1. The monoisotopic (exact) mass is 283 g/mol. The van der Waals surface area contributed by atoms with E-state index >= 15 is 0 Å². The molecule has 9 heteroatoms. The lowest BCUT2D eigenvalue weighted by atomic mass is 10.2. The number of aryl methyl sites for hydroxylation is 1. The van der Waals surface area contributed by atoms with Crippen molar-refractivity contribution in [2.45, 2.75) is 24.1 Å². The summed E-state index contributed by atoms with van der Waals surface area (Å²) in [7, 11) is -3.79. The van der Waals surface area contributed by atoms with Crippen molar-refractivity contribution in [2.24, 2.45) is 10.8 Å². The van der Waals surface area contributed by atoms with Crippen molar-refractivity contribution in [3.05, 3.63) is 34.2 Å². The summed E-state index contributed by atoms with van der Waals surface area (Å²) in [5.41, 5.74) is 14.2. The van der Waals surface area contributed by atoms with Gasteiger partial charge in [0.25, 0.3) is 0 Å². The normalized spacial score (nSPS) is 12.3. The van der Waals surface area contributed by atoms with Crippen LogP contribution in [0.25, 0.3) is 10.4 Å². The van der Waals surface area contributed by atoms with Crippen LogP contribution in [0.1, 0.15) is 12.5 Å². The highest BCUT2D eigenvalue weighted by atomic mass is 32.2. The minimum absolute atomic E-state index is 0.0539. The van der Waals surface area contributed by atoms with Crippen molar-refractivity contribution >= 4 is 21.6 Å². The van der Waals surface area contributed by atoms with Gasteiger partial charge in [-0.25, -0.2) is 13.2 Å². The van der Waals surface area contributed by atoms with E-state index in [9.17, 15) is 13.2 Å². The number of amides is 2. The molecule has 8 nitrogen and oxygen atoms in total. The molecule has 0 saturated carbocycles. The number of carbonyl (C=O) groups excluding carboxylic acids is 1. The predicted molar refractivity (Wildman–Crippen MR) is 69.4 cm³/mol. The van der Waals surface area contributed by atoms with Gasteiger partial charge in [-0.05, 0) is 37.1 Å². The zero-order valence-electron chi connectivity index (χ0n) is 10.4. The maximum Gasteiger partial charge on any atom is 0.313 e. The average Bonchev–Trinajstić information content (AvgIpc) is 2.31. The Kier molecular flexibility index (Phi) is 4.36. The first-order valence-corrected chi connectivity index (χ1v) is 6.79. The summed E-state index contributed by atoms with van der Waals surface area (Å²) in [6.07, 6.45) is 0. The minimum Gasteiger partial charge on any atom is -0.352 e. The summed E-state index contributed by atoms with van der Waals surface area (Å²) in [4.78, 5) is 13.3. The van der Waals surface area contributed by atoms with Gasteiger partial charge in [-0.2, -0.15) is 0 Å². The third-order valence-electron chi connectivity index (χ3n) is 2.47. The van der Waals surface area contributed by atoms with E-state index in [0.717, 1.165) is 0 Å². The molecule has 0 bridgehead atoms. The lowest BCUT2D eigenvalue weighted by Crippen LogP contribution is -2.41. The van der Waals surface area contributed by atoms with E-state index in [-0.39, 0.29) is 10.6 Å². The molecule has 0 heterocycles. The molecule has 1 unspecified atom stereocenters. The number of nitrogens with two attached hydrogens (primary N) is 1. The van der Waals surface area contributed by atoms with Gasteiger partial charge in [-0.3, -0.25) is 0 Å². The number of hydrogen-bond donors (Lipinski definition) is 2. The summed E-state index contributed by atoms with van der Waals surface area (Å²) in [5, 5.41) is 4.33. The zero-order chi connectivity index (χ0) is 14.6. The largest absolute Gasteiger partial charge is 0.352 e. The van der Waals surface area contributed by atoms with Crippen LogP contribution in [0.2, 0.25) is 0 Å². The van der Waals surface area contributed by atoms with Gasteiger partial charge in [-0.1, -0.05) is 11.2 Å². The second kappa shape index (κ2) is 5.59. The Morgan fingerprint density at radius 3 is 2.68 bits per heavy atom. The molecule has 0 aromatic heterocycles. The number of hydrogen-bond acceptors (Lipinski definition) is 4. The van der Waals surface area contributed by atoms with Gasteiger partial charge >= 0.3 is 6.03 Å². The van der Waals surface area contributed by atoms with Gasteiger partial charge in [0, 0.05) is 10.6 Å². The highest BCUT2D eigenvalue weighted by molar-refractivity contribution is 7.92.